The van der Waals surface area contributed by atoms with Crippen molar-refractivity contribution in [2.24, 2.45) is 5.73 Å². The lowest BCUT2D eigenvalue weighted by Gasteiger charge is -2.23. The van der Waals surface area contributed by atoms with Crippen molar-refractivity contribution in [3.63, 3.8) is 0 Å². The van der Waals surface area contributed by atoms with Crippen LogP contribution in [0.4, 0.5) is 5.69 Å². The number of nitrogens with zero attached hydrogens (tertiary/aromatic N) is 1. The molecule has 2 nitrogen and oxygen atoms in total. The number of anilines is 1. The van der Waals surface area contributed by atoms with Crippen LogP contribution >= 0.6 is 0 Å². The van der Waals surface area contributed by atoms with Crippen LogP contribution in [0.5, 0.6) is 0 Å². The zero-order chi connectivity index (χ0) is 10.1. The first-order valence-corrected chi connectivity index (χ1v) is 5.21. The zero-order valence-electron chi connectivity index (χ0n) is 8.96. The Morgan fingerprint density at radius 2 is 2.07 bits per heavy atom. The van der Waals surface area contributed by atoms with Crippen molar-refractivity contribution in [3.8, 4) is 0 Å². The van der Waals surface area contributed by atoms with Gasteiger partial charge in [-0.25, -0.2) is 0 Å². The van der Waals surface area contributed by atoms with Crippen LogP contribution in [0.3, 0.4) is 0 Å². The first-order valence-electron chi connectivity index (χ1n) is 5.21. The standard InChI is InChI=1S/C12H18N2/c1-14(2)12-6-4-9-3-5-11(13)7-10(9)8-12/h4,6,8,11H,3,5,7,13H2,1-2H3. The van der Waals surface area contributed by atoms with Gasteiger partial charge in [0.05, 0.1) is 0 Å². The minimum atomic E-state index is 0.361. The van der Waals surface area contributed by atoms with E-state index in [4.69, 9.17) is 5.73 Å². The highest BCUT2D eigenvalue weighted by Gasteiger charge is 2.15. The van der Waals surface area contributed by atoms with Gasteiger partial charge in [0.2, 0.25) is 0 Å². The van der Waals surface area contributed by atoms with Gasteiger partial charge in [-0.3, -0.25) is 0 Å². The summed E-state index contributed by atoms with van der Waals surface area (Å²) in [5.74, 6) is 0. The molecule has 2 heteroatoms. The molecule has 0 fully saturated rings. The van der Waals surface area contributed by atoms with Crippen LogP contribution < -0.4 is 10.6 Å². The van der Waals surface area contributed by atoms with Gasteiger partial charge in [-0.1, -0.05) is 6.07 Å². The molecule has 0 aliphatic heterocycles. The van der Waals surface area contributed by atoms with Crippen molar-refractivity contribution in [2.45, 2.75) is 25.3 Å². The van der Waals surface area contributed by atoms with E-state index < -0.39 is 0 Å². The summed E-state index contributed by atoms with van der Waals surface area (Å²) < 4.78 is 0. The summed E-state index contributed by atoms with van der Waals surface area (Å²) in [6.07, 6.45) is 3.32. The second-order valence-electron chi connectivity index (χ2n) is 4.35. The van der Waals surface area contributed by atoms with Gasteiger partial charge < -0.3 is 10.6 Å². The number of nitrogens with two attached hydrogens (primary N) is 1. The van der Waals surface area contributed by atoms with Gasteiger partial charge in [0.1, 0.15) is 0 Å². The smallest absolute Gasteiger partial charge is 0.0363 e. The largest absolute Gasteiger partial charge is 0.378 e. The predicted octanol–water partition coefficient (Wildman–Crippen LogP) is 1.57. The van der Waals surface area contributed by atoms with E-state index in [2.05, 4.69) is 37.2 Å². The number of hydrogen-bond acceptors (Lipinski definition) is 2. The molecule has 1 aliphatic carbocycles. The van der Waals surface area contributed by atoms with Crippen molar-refractivity contribution < 1.29 is 0 Å². The molecular weight excluding hydrogens is 172 g/mol. The maximum absolute atomic E-state index is 5.96. The fourth-order valence-electron chi connectivity index (χ4n) is 2.05. The zero-order valence-corrected chi connectivity index (χ0v) is 8.96. The Bertz CT molecular complexity index is 331. The molecule has 0 saturated carbocycles. The van der Waals surface area contributed by atoms with E-state index in [1.807, 2.05) is 0 Å². The third-order valence-electron chi connectivity index (χ3n) is 2.97. The fourth-order valence-corrected chi connectivity index (χ4v) is 2.05. The van der Waals surface area contributed by atoms with Crippen LogP contribution in [0, 0.1) is 0 Å². The third kappa shape index (κ3) is 1.75. The second kappa shape index (κ2) is 3.62. The van der Waals surface area contributed by atoms with Gasteiger partial charge in [0.25, 0.3) is 0 Å². The normalized spacial score (nSPS) is 20.4. The minimum Gasteiger partial charge on any atom is -0.378 e. The highest BCUT2D eigenvalue weighted by atomic mass is 15.1. The first-order chi connectivity index (χ1) is 6.66. The van der Waals surface area contributed by atoms with E-state index in [1.54, 1.807) is 0 Å². The molecule has 0 saturated heterocycles. The van der Waals surface area contributed by atoms with Gasteiger partial charge in [-0.2, -0.15) is 0 Å². The van der Waals surface area contributed by atoms with Gasteiger partial charge in [0, 0.05) is 25.8 Å². The lowest BCUT2D eigenvalue weighted by atomic mass is 9.88. The van der Waals surface area contributed by atoms with Crippen LogP contribution in [0.15, 0.2) is 18.2 Å². The molecule has 1 unspecified atom stereocenters. The molecule has 2 N–H and O–H groups in total. The summed E-state index contributed by atoms with van der Waals surface area (Å²) in [4.78, 5) is 2.14. The quantitative estimate of drug-likeness (QED) is 0.728. The molecular formula is C12H18N2. The second-order valence-corrected chi connectivity index (χ2v) is 4.35. The maximum atomic E-state index is 5.96. The summed E-state index contributed by atoms with van der Waals surface area (Å²) in [5.41, 5.74) is 10.2. The van der Waals surface area contributed by atoms with E-state index in [9.17, 15) is 0 Å². The number of aryl methyl sites for hydroxylation is 1. The molecule has 14 heavy (non-hydrogen) atoms. The lowest BCUT2D eigenvalue weighted by molar-refractivity contribution is 0.576. The average molecular weight is 190 g/mol. The highest BCUT2D eigenvalue weighted by Crippen LogP contribution is 2.24. The van der Waals surface area contributed by atoms with Crippen LogP contribution in [0.2, 0.25) is 0 Å². The Labute approximate surface area is 85.7 Å². The Kier molecular flexibility index (Phi) is 2.46. The lowest BCUT2D eigenvalue weighted by Crippen LogP contribution is -2.28. The Morgan fingerprint density at radius 3 is 2.79 bits per heavy atom. The molecule has 1 aliphatic rings. The summed E-state index contributed by atoms with van der Waals surface area (Å²) in [6, 6.07) is 7.07. The topological polar surface area (TPSA) is 29.3 Å². The SMILES string of the molecule is CN(C)c1ccc2c(c1)CC(N)CC2. The number of benzene rings is 1. The molecule has 0 amide bonds. The molecule has 0 heterocycles. The Hall–Kier alpha value is -1.02. The fraction of sp³-hybridized carbons (Fsp3) is 0.500. The first kappa shape index (κ1) is 9.53. The summed E-state index contributed by atoms with van der Waals surface area (Å²) in [7, 11) is 4.15. The molecule has 76 valence electrons. The van der Waals surface area contributed by atoms with Crippen LogP contribution in [-0.4, -0.2) is 20.1 Å². The maximum Gasteiger partial charge on any atom is 0.0363 e. The van der Waals surface area contributed by atoms with Crippen LogP contribution in [-0.2, 0) is 12.8 Å². The van der Waals surface area contributed by atoms with Gasteiger partial charge in [0.15, 0.2) is 0 Å². The van der Waals surface area contributed by atoms with Crippen molar-refractivity contribution in [1.82, 2.24) is 0 Å². The molecule has 0 aromatic heterocycles. The summed E-state index contributed by atoms with van der Waals surface area (Å²) >= 11 is 0. The monoisotopic (exact) mass is 190 g/mol. The number of fused-ring (bicyclic) bond motifs is 1. The highest BCUT2D eigenvalue weighted by molar-refractivity contribution is 5.50. The van der Waals surface area contributed by atoms with Gasteiger partial charge in [-0.15, -0.1) is 0 Å². The van der Waals surface area contributed by atoms with Crippen molar-refractivity contribution in [3.05, 3.63) is 29.3 Å². The Morgan fingerprint density at radius 1 is 1.29 bits per heavy atom. The molecule has 2 rings (SSSR count). The molecule has 0 bridgehead atoms. The van der Waals surface area contributed by atoms with Crippen LogP contribution in [0.1, 0.15) is 17.5 Å². The van der Waals surface area contributed by atoms with E-state index in [1.165, 1.54) is 16.8 Å². The molecule has 1 atom stereocenters. The third-order valence-corrected chi connectivity index (χ3v) is 2.97. The van der Waals surface area contributed by atoms with Gasteiger partial charge >= 0.3 is 0 Å². The van der Waals surface area contributed by atoms with E-state index >= 15 is 0 Å². The van der Waals surface area contributed by atoms with E-state index in [0.29, 0.717) is 6.04 Å². The molecule has 0 spiro atoms. The molecule has 1 aromatic carbocycles. The van der Waals surface area contributed by atoms with Crippen molar-refractivity contribution in [2.75, 3.05) is 19.0 Å². The van der Waals surface area contributed by atoms with E-state index in [0.717, 1.165) is 19.3 Å². The van der Waals surface area contributed by atoms with Gasteiger partial charge in [-0.05, 0) is 42.5 Å². The van der Waals surface area contributed by atoms with Crippen LogP contribution in [0.25, 0.3) is 0 Å². The number of rotatable bonds is 1. The molecule has 1 aromatic rings. The summed E-state index contributed by atoms with van der Waals surface area (Å²) in [6.45, 7) is 0. The minimum absolute atomic E-state index is 0.361. The average Bonchev–Trinajstić information content (AvgIpc) is 2.16. The number of hydrogen-bond donors (Lipinski definition) is 1. The van der Waals surface area contributed by atoms with E-state index in [-0.39, 0.29) is 0 Å². The summed E-state index contributed by atoms with van der Waals surface area (Å²) in [5, 5.41) is 0. The molecule has 0 radical (unpaired) electrons. The predicted molar refractivity (Wildman–Crippen MR) is 60.8 cm³/mol. The van der Waals surface area contributed by atoms with Crippen molar-refractivity contribution >= 4 is 5.69 Å². The van der Waals surface area contributed by atoms with Crippen molar-refractivity contribution in [1.29, 1.82) is 0 Å². The Balaban J connectivity index is 2.33.